The van der Waals surface area contributed by atoms with Crippen molar-refractivity contribution in [1.29, 1.82) is 0 Å². The molecule has 0 radical (unpaired) electrons. The molecule has 1 saturated carbocycles. The number of hydrogen-bond donors (Lipinski definition) is 3. The Hall–Kier alpha value is -2.87. The number of hydrogen-bond acceptors (Lipinski definition) is 3. The molecule has 0 aromatic heterocycles. The summed E-state index contributed by atoms with van der Waals surface area (Å²) in [7, 11) is 0. The number of benzene rings is 2. The summed E-state index contributed by atoms with van der Waals surface area (Å²) in [5.41, 5.74) is 0.340. The van der Waals surface area contributed by atoms with Crippen LogP contribution in [-0.4, -0.2) is 29.1 Å². The summed E-state index contributed by atoms with van der Waals surface area (Å²) in [6, 6.07) is 9.34. The highest BCUT2D eigenvalue weighted by atomic mass is 19.4. The molecule has 3 rings (SSSR count). The number of carbonyl (C=O) groups excluding carboxylic acids is 2. The Labute approximate surface area is 165 Å². The first-order valence-corrected chi connectivity index (χ1v) is 9.19. The summed E-state index contributed by atoms with van der Waals surface area (Å²) in [6.45, 7) is 1.72. The minimum atomic E-state index is -4.54. The molecule has 2 amide bonds. The van der Waals surface area contributed by atoms with Gasteiger partial charge in [-0.05, 0) is 49.1 Å². The fraction of sp³-hybridized carbons (Fsp3) is 0.333. The van der Waals surface area contributed by atoms with Crippen molar-refractivity contribution >= 4 is 17.5 Å². The smallest absolute Gasteiger partial charge is 0.391 e. The van der Waals surface area contributed by atoms with Gasteiger partial charge < -0.3 is 15.7 Å². The molecule has 2 aromatic rings. The van der Waals surface area contributed by atoms with E-state index >= 15 is 0 Å². The van der Waals surface area contributed by atoms with Crippen molar-refractivity contribution < 1.29 is 27.9 Å². The van der Waals surface area contributed by atoms with Gasteiger partial charge in [0.2, 0.25) is 5.91 Å². The maximum atomic E-state index is 13.1. The molecule has 0 spiro atoms. The lowest BCUT2D eigenvalue weighted by Crippen LogP contribution is -2.50. The van der Waals surface area contributed by atoms with Gasteiger partial charge in [-0.1, -0.05) is 24.3 Å². The van der Waals surface area contributed by atoms with E-state index in [0.717, 1.165) is 6.07 Å². The van der Waals surface area contributed by atoms with Crippen molar-refractivity contribution in [2.75, 3.05) is 5.32 Å². The van der Waals surface area contributed by atoms with E-state index in [1.807, 2.05) is 0 Å². The van der Waals surface area contributed by atoms with Crippen LogP contribution in [-0.2, 0) is 17.4 Å². The number of alkyl halides is 3. The molecular weight excluding hydrogens is 385 g/mol. The molecule has 0 heterocycles. The van der Waals surface area contributed by atoms with Gasteiger partial charge in [0.05, 0.1) is 24.1 Å². The molecule has 2 atom stereocenters. The first-order chi connectivity index (χ1) is 13.6. The monoisotopic (exact) mass is 406 g/mol. The molecule has 29 heavy (non-hydrogen) atoms. The van der Waals surface area contributed by atoms with Crippen LogP contribution in [0.25, 0.3) is 0 Å². The summed E-state index contributed by atoms with van der Waals surface area (Å²) in [5.74, 6) is -0.997. The van der Waals surface area contributed by atoms with Crippen LogP contribution in [0.2, 0.25) is 0 Å². The third-order valence-electron chi connectivity index (χ3n) is 5.00. The van der Waals surface area contributed by atoms with Crippen molar-refractivity contribution in [3.63, 3.8) is 0 Å². The molecule has 3 N–H and O–H groups in total. The number of nitrogens with one attached hydrogen (secondary N) is 2. The highest BCUT2D eigenvalue weighted by Gasteiger charge is 2.33. The average Bonchev–Trinajstić information content (AvgIpc) is 2.66. The normalized spacial score (nSPS) is 18.7. The Morgan fingerprint density at radius 3 is 2.48 bits per heavy atom. The van der Waals surface area contributed by atoms with Crippen LogP contribution >= 0.6 is 0 Å². The summed E-state index contributed by atoms with van der Waals surface area (Å²) in [4.78, 5) is 24.7. The van der Waals surface area contributed by atoms with E-state index in [1.165, 1.54) is 24.3 Å². The van der Waals surface area contributed by atoms with E-state index in [4.69, 9.17) is 0 Å². The Kier molecular flexibility index (Phi) is 5.93. The average molecular weight is 406 g/mol. The van der Waals surface area contributed by atoms with Gasteiger partial charge in [-0.3, -0.25) is 9.59 Å². The quantitative estimate of drug-likeness (QED) is 0.712. The standard InChI is InChI=1S/C21H21F3N2O3/c1-12-6-7-14(20(29)26-16-8-9-18(16)27)10-17(12)25-19(28)11-13-4-2-3-5-15(13)21(22,23)24/h2-7,10,16,18,27H,8-9,11H2,1H3,(H,25,28)(H,26,29)/t16-,18-/m0/s1. The van der Waals surface area contributed by atoms with Crippen LogP contribution in [0.5, 0.6) is 0 Å². The minimum Gasteiger partial charge on any atom is -0.391 e. The van der Waals surface area contributed by atoms with Crippen molar-refractivity contribution in [3.8, 4) is 0 Å². The van der Waals surface area contributed by atoms with E-state index in [0.29, 0.717) is 29.7 Å². The predicted octanol–water partition coefficient (Wildman–Crippen LogP) is 3.45. The summed E-state index contributed by atoms with van der Waals surface area (Å²) < 4.78 is 39.3. The maximum Gasteiger partial charge on any atom is 0.416 e. The second-order valence-corrected chi connectivity index (χ2v) is 7.13. The van der Waals surface area contributed by atoms with E-state index < -0.39 is 30.2 Å². The number of aryl methyl sites for hydroxylation is 1. The van der Waals surface area contributed by atoms with Crippen LogP contribution in [0.4, 0.5) is 18.9 Å². The molecule has 5 nitrogen and oxygen atoms in total. The molecular formula is C21H21F3N2O3. The number of amides is 2. The molecule has 2 aromatic carbocycles. The molecule has 0 saturated heterocycles. The van der Waals surface area contributed by atoms with Crippen LogP contribution in [0.1, 0.15) is 39.9 Å². The van der Waals surface area contributed by atoms with Crippen molar-refractivity contribution in [1.82, 2.24) is 5.32 Å². The molecule has 1 aliphatic rings. The predicted molar refractivity (Wildman–Crippen MR) is 101 cm³/mol. The largest absolute Gasteiger partial charge is 0.416 e. The summed E-state index contributed by atoms with van der Waals surface area (Å²) in [5, 5.41) is 14.9. The third kappa shape index (κ3) is 4.95. The fourth-order valence-corrected chi connectivity index (χ4v) is 3.12. The van der Waals surface area contributed by atoms with Gasteiger partial charge >= 0.3 is 6.18 Å². The summed E-state index contributed by atoms with van der Waals surface area (Å²) >= 11 is 0. The molecule has 154 valence electrons. The molecule has 0 aliphatic heterocycles. The lowest BCUT2D eigenvalue weighted by Gasteiger charge is -2.32. The molecule has 0 unspecified atom stereocenters. The zero-order chi connectivity index (χ0) is 21.2. The van der Waals surface area contributed by atoms with Gasteiger partial charge in [0, 0.05) is 11.3 Å². The van der Waals surface area contributed by atoms with Crippen LogP contribution in [0.3, 0.4) is 0 Å². The minimum absolute atomic E-state index is 0.122. The van der Waals surface area contributed by atoms with E-state index in [1.54, 1.807) is 19.1 Å². The van der Waals surface area contributed by atoms with E-state index in [2.05, 4.69) is 10.6 Å². The van der Waals surface area contributed by atoms with Gasteiger partial charge in [0.25, 0.3) is 5.91 Å². The maximum absolute atomic E-state index is 13.1. The molecule has 1 aliphatic carbocycles. The van der Waals surface area contributed by atoms with Crippen LogP contribution in [0.15, 0.2) is 42.5 Å². The molecule has 1 fully saturated rings. The number of halogens is 3. The Morgan fingerprint density at radius 1 is 1.14 bits per heavy atom. The van der Waals surface area contributed by atoms with Gasteiger partial charge in [-0.2, -0.15) is 13.2 Å². The number of rotatable bonds is 5. The van der Waals surface area contributed by atoms with Crippen LogP contribution < -0.4 is 10.6 Å². The number of carbonyl (C=O) groups is 2. The molecule has 8 heteroatoms. The Morgan fingerprint density at radius 2 is 1.86 bits per heavy atom. The van der Waals surface area contributed by atoms with Gasteiger partial charge in [0.15, 0.2) is 0 Å². The van der Waals surface area contributed by atoms with Gasteiger partial charge in [0.1, 0.15) is 0 Å². The summed E-state index contributed by atoms with van der Waals surface area (Å²) in [6.07, 6.45) is -4.21. The van der Waals surface area contributed by atoms with Crippen molar-refractivity contribution in [2.24, 2.45) is 0 Å². The number of aliphatic hydroxyl groups excluding tert-OH is 1. The Balaban J connectivity index is 1.71. The highest BCUT2D eigenvalue weighted by Crippen LogP contribution is 2.32. The van der Waals surface area contributed by atoms with E-state index in [9.17, 15) is 27.9 Å². The second-order valence-electron chi connectivity index (χ2n) is 7.13. The van der Waals surface area contributed by atoms with Crippen LogP contribution in [0, 0.1) is 6.92 Å². The SMILES string of the molecule is Cc1ccc(C(=O)N[C@H]2CC[C@@H]2O)cc1NC(=O)Cc1ccccc1C(F)(F)F. The highest BCUT2D eigenvalue weighted by molar-refractivity contribution is 5.98. The zero-order valence-electron chi connectivity index (χ0n) is 15.7. The molecule has 0 bridgehead atoms. The lowest BCUT2D eigenvalue weighted by atomic mass is 9.89. The lowest BCUT2D eigenvalue weighted by molar-refractivity contribution is -0.138. The number of aliphatic hydroxyl groups is 1. The zero-order valence-corrected chi connectivity index (χ0v) is 15.7. The third-order valence-corrected chi connectivity index (χ3v) is 5.00. The number of anilines is 1. The fourth-order valence-electron chi connectivity index (χ4n) is 3.12. The Bertz CT molecular complexity index is 928. The van der Waals surface area contributed by atoms with E-state index in [-0.39, 0.29) is 17.5 Å². The van der Waals surface area contributed by atoms with Crippen molar-refractivity contribution in [3.05, 3.63) is 64.7 Å². The topological polar surface area (TPSA) is 78.4 Å². The first kappa shape index (κ1) is 20.9. The van der Waals surface area contributed by atoms with Gasteiger partial charge in [-0.15, -0.1) is 0 Å². The first-order valence-electron chi connectivity index (χ1n) is 9.19. The van der Waals surface area contributed by atoms with Crippen molar-refractivity contribution in [2.45, 2.75) is 44.5 Å². The second kappa shape index (κ2) is 8.24. The van der Waals surface area contributed by atoms with Gasteiger partial charge in [-0.25, -0.2) is 0 Å².